The van der Waals surface area contributed by atoms with Crippen LogP contribution in [0, 0.1) is 16.2 Å². The summed E-state index contributed by atoms with van der Waals surface area (Å²) in [5.74, 6) is 0. The van der Waals surface area contributed by atoms with E-state index in [0.717, 1.165) is 0 Å². The van der Waals surface area contributed by atoms with Crippen LogP contribution < -0.4 is 0 Å². The van der Waals surface area contributed by atoms with E-state index in [1.54, 1.807) is 0 Å². The summed E-state index contributed by atoms with van der Waals surface area (Å²) < 4.78 is 0. The molecule has 0 heteroatoms. The summed E-state index contributed by atoms with van der Waals surface area (Å²) in [6.45, 7) is 13.5. The van der Waals surface area contributed by atoms with Crippen LogP contribution in [0.2, 0.25) is 0 Å². The quantitative estimate of drug-likeness (QED) is 0.393. The molecule has 0 aliphatic heterocycles. The summed E-state index contributed by atoms with van der Waals surface area (Å²) in [7, 11) is 0. The first-order valence-corrected chi connectivity index (χ1v) is 5.62. The van der Waals surface area contributed by atoms with Crippen molar-refractivity contribution in [3.8, 4) is 0 Å². The van der Waals surface area contributed by atoms with Crippen molar-refractivity contribution in [3.05, 3.63) is 12.2 Å². The Bertz CT molecular complexity index is 194. The monoisotopic (exact) mass is 260 g/mol. The van der Waals surface area contributed by atoms with Gasteiger partial charge in [-0.2, -0.15) is 0 Å². The molecule has 1 saturated carbocycles. The minimum absolute atomic E-state index is 0. The van der Waals surface area contributed by atoms with Gasteiger partial charge in [0, 0.05) is 0 Å². The molecule has 1 spiro atoms. The Morgan fingerprint density at radius 2 is 0.833 bits per heavy atom. The number of allylic oxidation sites excluding steroid dienone is 2. The van der Waals surface area contributed by atoms with Gasteiger partial charge in [0.2, 0.25) is 0 Å². The highest BCUT2D eigenvalue weighted by Crippen LogP contribution is 2.72. The van der Waals surface area contributed by atoms with Gasteiger partial charge in [0.25, 0.3) is 0 Å². The second kappa shape index (κ2) is 8.77. The Morgan fingerprint density at radius 3 is 0.944 bits per heavy atom. The van der Waals surface area contributed by atoms with Gasteiger partial charge in [-0.15, -0.1) is 0 Å². The Kier molecular flexibility index (Phi) is 14.9. The maximum atomic E-state index is 2.42. The summed E-state index contributed by atoms with van der Waals surface area (Å²) in [5.41, 5.74) is 1.53. The van der Waals surface area contributed by atoms with Gasteiger partial charge in [-0.05, 0) is 29.1 Å². The largest absolute Gasteiger partial charge is 0.0817 e. The third-order valence-corrected chi connectivity index (χ3v) is 4.13. The highest BCUT2D eigenvalue weighted by Gasteiger charge is 2.63. The van der Waals surface area contributed by atoms with Crippen LogP contribution >= 0.6 is 0 Å². The van der Waals surface area contributed by atoms with Crippen LogP contribution in [0.4, 0.5) is 0 Å². The molecule has 2 aliphatic carbocycles. The lowest BCUT2D eigenvalue weighted by Crippen LogP contribution is -2.30. The average Bonchev–Trinajstić information content (AvgIpc) is 2.82. The van der Waals surface area contributed by atoms with E-state index in [9.17, 15) is 0 Å². The standard InChI is InChI=1S/C11H18.C2H6.5CH4/c1-9(2)5-6-10(3,4)11(9)7-8-11;1-2;;;;;/h5-6H,7-8H2,1-4H3;1-2H3;5*1H4. The first-order valence-electron chi connectivity index (χ1n) is 5.62. The summed E-state index contributed by atoms with van der Waals surface area (Å²) in [6.07, 6.45) is 7.69. The molecule has 0 radical (unpaired) electrons. The molecule has 0 atom stereocenters. The summed E-state index contributed by atoms with van der Waals surface area (Å²) in [4.78, 5) is 0. The highest BCUT2D eigenvalue weighted by molar-refractivity contribution is 5.28. The van der Waals surface area contributed by atoms with Crippen molar-refractivity contribution in [3.63, 3.8) is 0 Å². The van der Waals surface area contributed by atoms with E-state index in [4.69, 9.17) is 0 Å². The Labute approximate surface area is 120 Å². The normalized spacial score (nSPS) is 21.4. The molecule has 2 aliphatic rings. The maximum Gasteiger partial charge on any atom is -0.0110 e. The van der Waals surface area contributed by atoms with E-state index in [1.165, 1.54) is 12.8 Å². The zero-order chi connectivity index (χ0) is 10.3. The van der Waals surface area contributed by atoms with Crippen LogP contribution in [0.25, 0.3) is 0 Å². The average molecular weight is 261 g/mol. The zero-order valence-corrected chi connectivity index (χ0v) is 10.1. The number of rotatable bonds is 0. The Hall–Kier alpha value is -0.260. The fourth-order valence-electron chi connectivity index (χ4n) is 2.98. The van der Waals surface area contributed by atoms with Crippen molar-refractivity contribution in [1.82, 2.24) is 0 Å². The van der Waals surface area contributed by atoms with Crippen molar-refractivity contribution >= 4 is 0 Å². The minimum Gasteiger partial charge on any atom is -0.0817 e. The summed E-state index contributed by atoms with van der Waals surface area (Å²) >= 11 is 0. The van der Waals surface area contributed by atoms with E-state index < -0.39 is 0 Å². The van der Waals surface area contributed by atoms with Gasteiger partial charge < -0.3 is 0 Å². The van der Waals surface area contributed by atoms with Gasteiger partial charge in [0.1, 0.15) is 0 Å². The lowest BCUT2D eigenvalue weighted by Gasteiger charge is -2.36. The smallest absolute Gasteiger partial charge is 0.0110 e. The molecule has 0 aromatic carbocycles. The van der Waals surface area contributed by atoms with Gasteiger partial charge in [-0.25, -0.2) is 0 Å². The van der Waals surface area contributed by atoms with Gasteiger partial charge in [-0.3, -0.25) is 0 Å². The van der Waals surface area contributed by atoms with Crippen molar-refractivity contribution in [2.45, 2.75) is 91.5 Å². The van der Waals surface area contributed by atoms with Crippen LogP contribution in [0.1, 0.15) is 91.5 Å². The van der Waals surface area contributed by atoms with E-state index in [0.29, 0.717) is 16.2 Å². The first kappa shape index (κ1) is 30.6. The molecule has 18 heavy (non-hydrogen) atoms. The van der Waals surface area contributed by atoms with E-state index in [2.05, 4.69) is 39.8 Å². The topological polar surface area (TPSA) is 0 Å². The number of hydrogen-bond donors (Lipinski definition) is 0. The van der Waals surface area contributed by atoms with Crippen LogP contribution in [-0.4, -0.2) is 0 Å². The highest BCUT2D eigenvalue weighted by atomic mass is 14.7. The third kappa shape index (κ3) is 3.87. The summed E-state index contributed by atoms with van der Waals surface area (Å²) in [5, 5.41) is 0. The van der Waals surface area contributed by atoms with Crippen LogP contribution in [0.15, 0.2) is 12.2 Å². The molecule has 0 aromatic rings. The van der Waals surface area contributed by atoms with E-state index >= 15 is 0 Å². The molecule has 0 bridgehead atoms. The Balaban J connectivity index is -0.0000000770. The second-order valence-electron chi connectivity index (χ2n) is 5.36. The molecular weight excluding hydrogens is 216 g/mol. The van der Waals surface area contributed by atoms with Crippen LogP contribution in [0.3, 0.4) is 0 Å². The fourth-order valence-corrected chi connectivity index (χ4v) is 2.98. The van der Waals surface area contributed by atoms with Crippen molar-refractivity contribution in [2.24, 2.45) is 16.2 Å². The molecule has 0 unspecified atom stereocenters. The van der Waals surface area contributed by atoms with Crippen molar-refractivity contribution < 1.29 is 0 Å². The molecule has 0 N–H and O–H groups in total. The van der Waals surface area contributed by atoms with Crippen LogP contribution in [0.5, 0.6) is 0 Å². The molecule has 2 rings (SSSR count). The second-order valence-corrected chi connectivity index (χ2v) is 5.36. The van der Waals surface area contributed by atoms with Gasteiger partial charge >= 0.3 is 0 Å². The Morgan fingerprint density at radius 1 is 0.611 bits per heavy atom. The first-order chi connectivity index (χ1) is 5.91. The lowest BCUT2D eigenvalue weighted by molar-refractivity contribution is 0.152. The molecule has 1 fully saturated rings. The number of hydrogen-bond acceptors (Lipinski definition) is 0. The fraction of sp³-hybridized carbons (Fsp3) is 0.889. The molecule has 116 valence electrons. The molecule has 0 heterocycles. The SMILES string of the molecule is C.C.C.C.C.CC.CC1(C)C=CC(C)(C)C12CC2. The summed E-state index contributed by atoms with van der Waals surface area (Å²) in [6, 6.07) is 0. The van der Waals surface area contributed by atoms with Crippen molar-refractivity contribution in [1.29, 1.82) is 0 Å². The van der Waals surface area contributed by atoms with Crippen molar-refractivity contribution in [2.75, 3.05) is 0 Å². The van der Waals surface area contributed by atoms with E-state index in [-0.39, 0.29) is 37.1 Å². The molecule has 0 amide bonds. The van der Waals surface area contributed by atoms with Gasteiger partial charge in [0.15, 0.2) is 0 Å². The van der Waals surface area contributed by atoms with E-state index in [1.807, 2.05) is 13.8 Å². The molecule has 0 nitrogen and oxygen atoms in total. The lowest BCUT2D eigenvalue weighted by atomic mass is 9.68. The predicted molar refractivity (Wildman–Crippen MR) is 93.4 cm³/mol. The maximum absolute atomic E-state index is 2.42. The third-order valence-electron chi connectivity index (χ3n) is 4.13. The van der Waals surface area contributed by atoms with Crippen LogP contribution in [-0.2, 0) is 0 Å². The minimum atomic E-state index is 0. The molecule has 0 aromatic heterocycles. The zero-order valence-electron chi connectivity index (χ0n) is 10.1. The van der Waals surface area contributed by atoms with Gasteiger partial charge in [-0.1, -0.05) is 90.8 Å². The predicted octanol–water partition coefficient (Wildman–Crippen LogP) is 7.60. The molecule has 0 saturated heterocycles. The van der Waals surface area contributed by atoms with Gasteiger partial charge in [0.05, 0.1) is 0 Å². The molecular formula is C18H44.